The molecule has 0 aliphatic rings. The van der Waals surface area contributed by atoms with E-state index in [4.69, 9.17) is 20.9 Å². The van der Waals surface area contributed by atoms with Crippen molar-refractivity contribution in [2.24, 2.45) is 0 Å². The van der Waals surface area contributed by atoms with Crippen molar-refractivity contribution in [2.75, 3.05) is 18.2 Å². The second-order valence-corrected chi connectivity index (χ2v) is 5.74. The number of nitrogens with one attached hydrogen (secondary N) is 1. The highest BCUT2D eigenvalue weighted by Gasteiger charge is 2.09. The zero-order valence-corrected chi connectivity index (χ0v) is 13.3. The highest BCUT2D eigenvalue weighted by atomic mass is 35.5. The Kier molecular flexibility index (Phi) is 5.52. The van der Waals surface area contributed by atoms with Crippen molar-refractivity contribution in [3.8, 4) is 5.75 Å². The molecular formula is C14H15ClN2O3S. The Bertz CT molecular complexity index is 630. The van der Waals surface area contributed by atoms with Gasteiger partial charge in [0.1, 0.15) is 11.5 Å². The molecule has 1 heterocycles. The molecule has 1 aromatic heterocycles. The summed E-state index contributed by atoms with van der Waals surface area (Å²) in [4.78, 5) is 11.9. The van der Waals surface area contributed by atoms with Crippen LogP contribution in [0.15, 0.2) is 28.8 Å². The maximum absolute atomic E-state index is 11.9. The van der Waals surface area contributed by atoms with Gasteiger partial charge in [-0.2, -0.15) is 0 Å². The number of carbonyl (C=O) groups is 1. The second kappa shape index (κ2) is 7.38. The number of ether oxygens (including phenoxy) is 1. The Morgan fingerprint density at radius 1 is 1.48 bits per heavy atom. The van der Waals surface area contributed by atoms with E-state index >= 15 is 0 Å². The summed E-state index contributed by atoms with van der Waals surface area (Å²) in [5, 5.41) is 7.19. The molecule has 2 aromatic rings. The number of hydrogen-bond donors (Lipinski definition) is 1. The van der Waals surface area contributed by atoms with Crippen LogP contribution in [0.5, 0.6) is 5.75 Å². The number of aryl methyl sites for hydroxylation is 1. The summed E-state index contributed by atoms with van der Waals surface area (Å²) in [7, 11) is 1.54. The number of nitrogens with zero attached hydrogens (tertiary/aromatic N) is 1. The van der Waals surface area contributed by atoms with Gasteiger partial charge in [-0.05, 0) is 25.1 Å². The largest absolute Gasteiger partial charge is 0.495 e. The summed E-state index contributed by atoms with van der Waals surface area (Å²) in [6.45, 7) is 1.83. The third kappa shape index (κ3) is 4.68. The highest BCUT2D eigenvalue weighted by Crippen LogP contribution is 2.27. The third-order valence-corrected chi connectivity index (χ3v) is 3.80. The standard InChI is InChI=1S/C14H15ClN2O3S/c1-9-5-11(17-20-9)7-21-8-14(18)16-12-6-10(15)3-4-13(12)19-2/h3-6H,7-8H2,1-2H3,(H,16,18). The number of anilines is 1. The monoisotopic (exact) mass is 326 g/mol. The molecule has 7 heteroatoms. The molecule has 0 fully saturated rings. The minimum Gasteiger partial charge on any atom is -0.495 e. The maximum atomic E-state index is 11.9. The van der Waals surface area contributed by atoms with Crippen LogP contribution in [0.3, 0.4) is 0 Å². The summed E-state index contributed by atoms with van der Waals surface area (Å²) >= 11 is 7.37. The first-order valence-electron chi connectivity index (χ1n) is 6.22. The van der Waals surface area contributed by atoms with Gasteiger partial charge >= 0.3 is 0 Å². The summed E-state index contributed by atoms with van der Waals surface area (Å²) in [6.07, 6.45) is 0. The summed E-state index contributed by atoms with van der Waals surface area (Å²) in [5.74, 6) is 2.14. The fourth-order valence-electron chi connectivity index (χ4n) is 1.70. The van der Waals surface area contributed by atoms with Gasteiger partial charge in [0.05, 0.1) is 24.2 Å². The van der Waals surface area contributed by atoms with E-state index in [-0.39, 0.29) is 5.91 Å². The molecule has 0 bridgehead atoms. The average molecular weight is 327 g/mol. The molecule has 1 aromatic carbocycles. The van der Waals surface area contributed by atoms with Gasteiger partial charge in [0.25, 0.3) is 0 Å². The van der Waals surface area contributed by atoms with Crippen LogP contribution in [-0.4, -0.2) is 23.9 Å². The van der Waals surface area contributed by atoms with Gasteiger partial charge in [-0.3, -0.25) is 4.79 Å². The lowest BCUT2D eigenvalue weighted by molar-refractivity contribution is -0.113. The first-order chi connectivity index (χ1) is 10.1. The van der Waals surface area contributed by atoms with E-state index in [2.05, 4.69) is 10.5 Å². The third-order valence-electron chi connectivity index (χ3n) is 2.60. The van der Waals surface area contributed by atoms with Crippen molar-refractivity contribution in [2.45, 2.75) is 12.7 Å². The molecule has 2 rings (SSSR count). The van der Waals surface area contributed by atoms with Crippen LogP contribution in [0, 0.1) is 6.92 Å². The van der Waals surface area contributed by atoms with E-state index in [1.165, 1.54) is 11.8 Å². The van der Waals surface area contributed by atoms with E-state index < -0.39 is 0 Å². The van der Waals surface area contributed by atoms with Gasteiger partial charge in [0.15, 0.2) is 0 Å². The van der Waals surface area contributed by atoms with Crippen LogP contribution < -0.4 is 10.1 Å². The number of rotatable bonds is 6. The Labute approximate surface area is 132 Å². The van der Waals surface area contributed by atoms with Crippen LogP contribution in [0.2, 0.25) is 5.02 Å². The molecule has 0 radical (unpaired) electrons. The fourth-order valence-corrected chi connectivity index (χ4v) is 2.58. The number of thioether (sulfide) groups is 1. The Hall–Kier alpha value is -1.66. The molecule has 0 unspecified atom stereocenters. The number of aromatic nitrogens is 1. The molecule has 0 atom stereocenters. The predicted molar refractivity (Wildman–Crippen MR) is 84.0 cm³/mol. The highest BCUT2D eigenvalue weighted by molar-refractivity contribution is 7.99. The number of amides is 1. The van der Waals surface area contributed by atoms with Gasteiger partial charge in [0.2, 0.25) is 5.91 Å². The molecule has 112 valence electrons. The lowest BCUT2D eigenvalue weighted by Gasteiger charge is -2.10. The number of benzene rings is 1. The normalized spacial score (nSPS) is 10.4. The fraction of sp³-hybridized carbons (Fsp3) is 0.286. The molecular weight excluding hydrogens is 312 g/mol. The minimum atomic E-state index is -0.124. The number of halogens is 1. The average Bonchev–Trinajstić information content (AvgIpc) is 2.85. The summed E-state index contributed by atoms with van der Waals surface area (Å²) in [6, 6.07) is 6.93. The quantitative estimate of drug-likeness (QED) is 0.880. The van der Waals surface area contributed by atoms with Crippen LogP contribution in [-0.2, 0) is 10.5 Å². The van der Waals surface area contributed by atoms with Crippen molar-refractivity contribution in [1.29, 1.82) is 0 Å². The van der Waals surface area contributed by atoms with Gasteiger partial charge in [0, 0.05) is 16.8 Å². The molecule has 1 N–H and O–H groups in total. The molecule has 1 amide bonds. The van der Waals surface area contributed by atoms with Crippen LogP contribution in [0.4, 0.5) is 5.69 Å². The molecule has 21 heavy (non-hydrogen) atoms. The van der Waals surface area contributed by atoms with Gasteiger partial charge in [-0.15, -0.1) is 11.8 Å². The van der Waals surface area contributed by atoms with Crippen molar-refractivity contribution in [1.82, 2.24) is 5.16 Å². The van der Waals surface area contributed by atoms with Crippen molar-refractivity contribution in [3.05, 3.63) is 40.7 Å². The molecule has 0 aliphatic heterocycles. The Morgan fingerprint density at radius 3 is 2.95 bits per heavy atom. The molecule has 0 aliphatic carbocycles. The van der Waals surface area contributed by atoms with E-state index in [9.17, 15) is 4.79 Å². The number of hydrogen-bond acceptors (Lipinski definition) is 5. The van der Waals surface area contributed by atoms with E-state index in [1.807, 2.05) is 13.0 Å². The topological polar surface area (TPSA) is 64.4 Å². The Balaban J connectivity index is 1.85. The smallest absolute Gasteiger partial charge is 0.234 e. The van der Waals surface area contributed by atoms with Crippen molar-refractivity contribution < 1.29 is 14.1 Å². The maximum Gasteiger partial charge on any atom is 0.234 e. The van der Waals surface area contributed by atoms with Crippen LogP contribution in [0.1, 0.15) is 11.5 Å². The SMILES string of the molecule is COc1ccc(Cl)cc1NC(=O)CSCc1cc(C)on1. The summed E-state index contributed by atoms with van der Waals surface area (Å²) < 4.78 is 10.1. The first kappa shape index (κ1) is 15.7. The minimum absolute atomic E-state index is 0.124. The van der Waals surface area contributed by atoms with Crippen molar-refractivity contribution in [3.63, 3.8) is 0 Å². The van der Waals surface area contributed by atoms with Crippen molar-refractivity contribution >= 4 is 35.0 Å². The summed E-state index contributed by atoms with van der Waals surface area (Å²) in [5.41, 5.74) is 1.39. The second-order valence-electron chi connectivity index (χ2n) is 4.31. The first-order valence-corrected chi connectivity index (χ1v) is 7.75. The lowest BCUT2D eigenvalue weighted by Crippen LogP contribution is -2.14. The van der Waals surface area contributed by atoms with E-state index in [1.54, 1.807) is 25.3 Å². The number of methoxy groups -OCH3 is 1. The molecule has 0 spiro atoms. The van der Waals surface area contributed by atoms with Gasteiger partial charge in [-0.25, -0.2) is 0 Å². The Morgan fingerprint density at radius 2 is 2.29 bits per heavy atom. The molecule has 0 saturated heterocycles. The van der Waals surface area contributed by atoms with Crippen LogP contribution >= 0.6 is 23.4 Å². The molecule has 5 nitrogen and oxygen atoms in total. The van der Waals surface area contributed by atoms with Gasteiger partial charge < -0.3 is 14.6 Å². The number of carbonyl (C=O) groups excluding carboxylic acids is 1. The molecule has 0 saturated carbocycles. The predicted octanol–water partition coefficient (Wildman–Crippen LogP) is 3.52. The zero-order valence-electron chi connectivity index (χ0n) is 11.7. The zero-order chi connectivity index (χ0) is 15.2. The lowest BCUT2D eigenvalue weighted by atomic mass is 10.3. The van der Waals surface area contributed by atoms with Gasteiger partial charge in [-0.1, -0.05) is 16.8 Å². The van der Waals surface area contributed by atoms with Crippen LogP contribution in [0.25, 0.3) is 0 Å². The van der Waals surface area contributed by atoms with E-state index in [0.717, 1.165) is 11.5 Å². The van der Waals surface area contributed by atoms with E-state index in [0.29, 0.717) is 28.0 Å².